The molecule has 1 saturated carbocycles. The van der Waals surface area contributed by atoms with E-state index in [1.165, 1.54) is 17.2 Å². The number of halogens is 1. The Labute approximate surface area is 210 Å². The largest absolute Gasteiger partial charge is 0.352 e. The Morgan fingerprint density at radius 3 is 2.53 bits per heavy atom. The monoisotopic (exact) mass is 520 g/mol. The van der Waals surface area contributed by atoms with Gasteiger partial charge in [0, 0.05) is 23.5 Å². The first-order valence-corrected chi connectivity index (χ1v) is 13.1. The van der Waals surface area contributed by atoms with Crippen molar-refractivity contribution in [3.63, 3.8) is 0 Å². The van der Waals surface area contributed by atoms with E-state index in [-0.39, 0.29) is 17.9 Å². The molecule has 0 heterocycles. The molecule has 3 aromatic rings. The summed E-state index contributed by atoms with van der Waals surface area (Å²) in [7, 11) is 0. The SMILES string of the molecule is CC(C(=O)NC1CCCCC1)N(Cc1cccc(Br)c1)C(=O)CCc1cccc2ccccc12. The summed E-state index contributed by atoms with van der Waals surface area (Å²) in [6.45, 7) is 2.26. The normalized spacial score (nSPS) is 15.1. The fraction of sp³-hybridized carbons (Fsp3) is 0.379. The first-order chi connectivity index (χ1) is 16.5. The lowest BCUT2D eigenvalue weighted by Gasteiger charge is -2.31. The second kappa shape index (κ2) is 11.7. The number of fused-ring (bicyclic) bond motifs is 1. The predicted molar refractivity (Wildman–Crippen MR) is 141 cm³/mol. The van der Waals surface area contributed by atoms with Crippen molar-refractivity contribution in [1.29, 1.82) is 0 Å². The number of benzene rings is 3. The van der Waals surface area contributed by atoms with Gasteiger partial charge in [-0.1, -0.05) is 89.8 Å². The molecule has 1 aliphatic rings. The highest BCUT2D eigenvalue weighted by Gasteiger charge is 2.28. The Bertz CT molecular complexity index is 1130. The molecule has 0 bridgehead atoms. The van der Waals surface area contributed by atoms with Crippen LogP contribution in [0.5, 0.6) is 0 Å². The third kappa shape index (κ3) is 6.26. The maximum atomic E-state index is 13.5. The Kier molecular flexibility index (Phi) is 8.39. The Balaban J connectivity index is 1.50. The lowest BCUT2D eigenvalue weighted by atomic mass is 9.95. The van der Waals surface area contributed by atoms with Gasteiger partial charge in [-0.2, -0.15) is 0 Å². The molecular weight excluding hydrogens is 488 g/mol. The van der Waals surface area contributed by atoms with Crippen LogP contribution in [0.4, 0.5) is 0 Å². The smallest absolute Gasteiger partial charge is 0.242 e. The maximum absolute atomic E-state index is 13.5. The van der Waals surface area contributed by atoms with E-state index in [4.69, 9.17) is 0 Å². The van der Waals surface area contributed by atoms with Gasteiger partial charge in [0.25, 0.3) is 0 Å². The van der Waals surface area contributed by atoms with Gasteiger partial charge in [-0.3, -0.25) is 9.59 Å². The molecule has 1 aliphatic carbocycles. The van der Waals surface area contributed by atoms with E-state index in [0.29, 0.717) is 19.4 Å². The summed E-state index contributed by atoms with van der Waals surface area (Å²) in [5, 5.41) is 5.57. The molecule has 5 heteroatoms. The van der Waals surface area contributed by atoms with Crippen molar-refractivity contribution >= 4 is 38.5 Å². The van der Waals surface area contributed by atoms with E-state index in [1.54, 1.807) is 4.90 Å². The summed E-state index contributed by atoms with van der Waals surface area (Å²) < 4.78 is 0.965. The van der Waals surface area contributed by atoms with Crippen molar-refractivity contribution in [3.05, 3.63) is 82.3 Å². The fourth-order valence-corrected chi connectivity index (χ4v) is 5.33. The van der Waals surface area contributed by atoms with Crippen LogP contribution in [0.15, 0.2) is 71.2 Å². The number of amides is 2. The van der Waals surface area contributed by atoms with Crippen molar-refractivity contribution < 1.29 is 9.59 Å². The number of carbonyl (C=O) groups is 2. The number of hydrogen-bond acceptors (Lipinski definition) is 2. The third-order valence-corrected chi connectivity index (χ3v) is 7.34. The van der Waals surface area contributed by atoms with Gasteiger partial charge >= 0.3 is 0 Å². The second-order valence-corrected chi connectivity index (χ2v) is 10.2. The van der Waals surface area contributed by atoms with Gasteiger partial charge in [0.2, 0.25) is 11.8 Å². The zero-order valence-electron chi connectivity index (χ0n) is 19.8. The number of nitrogens with one attached hydrogen (secondary N) is 1. The fourth-order valence-electron chi connectivity index (χ4n) is 4.88. The number of nitrogens with zero attached hydrogens (tertiary/aromatic N) is 1. The van der Waals surface area contributed by atoms with Crippen LogP contribution in [0.1, 0.15) is 56.6 Å². The van der Waals surface area contributed by atoms with Crippen LogP contribution >= 0.6 is 15.9 Å². The molecule has 34 heavy (non-hydrogen) atoms. The van der Waals surface area contributed by atoms with Crippen molar-refractivity contribution in [2.24, 2.45) is 0 Å². The quantitative estimate of drug-likeness (QED) is 0.373. The van der Waals surface area contributed by atoms with E-state index in [9.17, 15) is 9.59 Å². The molecule has 3 aromatic carbocycles. The van der Waals surface area contributed by atoms with Crippen LogP contribution < -0.4 is 5.32 Å². The van der Waals surface area contributed by atoms with E-state index < -0.39 is 6.04 Å². The lowest BCUT2D eigenvalue weighted by Crippen LogP contribution is -2.50. The van der Waals surface area contributed by atoms with Gasteiger partial charge in [0.05, 0.1) is 0 Å². The van der Waals surface area contributed by atoms with Gasteiger partial charge in [-0.05, 0) is 60.2 Å². The minimum Gasteiger partial charge on any atom is -0.352 e. The first kappa shape index (κ1) is 24.5. The van der Waals surface area contributed by atoms with Gasteiger partial charge in [-0.25, -0.2) is 0 Å². The van der Waals surface area contributed by atoms with Crippen LogP contribution in [-0.2, 0) is 22.6 Å². The zero-order valence-corrected chi connectivity index (χ0v) is 21.4. The summed E-state index contributed by atoms with van der Waals surface area (Å²) in [5.74, 6) is -0.0559. The number of carbonyl (C=O) groups excluding carboxylic acids is 2. The predicted octanol–water partition coefficient (Wildman–Crippen LogP) is 6.40. The van der Waals surface area contributed by atoms with Crippen molar-refractivity contribution in [3.8, 4) is 0 Å². The van der Waals surface area contributed by atoms with Crippen molar-refractivity contribution in [1.82, 2.24) is 10.2 Å². The molecule has 1 unspecified atom stereocenters. The molecule has 0 spiro atoms. The molecule has 0 aromatic heterocycles. The lowest BCUT2D eigenvalue weighted by molar-refractivity contribution is -0.141. The maximum Gasteiger partial charge on any atom is 0.242 e. The minimum atomic E-state index is -0.527. The highest BCUT2D eigenvalue weighted by molar-refractivity contribution is 9.10. The summed E-state index contributed by atoms with van der Waals surface area (Å²) in [6, 6.07) is 22.1. The van der Waals surface area contributed by atoms with Gasteiger partial charge < -0.3 is 10.2 Å². The molecule has 2 amide bonds. The molecule has 0 saturated heterocycles. The molecule has 178 valence electrons. The van der Waals surface area contributed by atoms with E-state index in [2.05, 4.69) is 45.5 Å². The molecule has 4 rings (SSSR count). The second-order valence-electron chi connectivity index (χ2n) is 9.31. The third-order valence-electron chi connectivity index (χ3n) is 6.85. The summed E-state index contributed by atoms with van der Waals surface area (Å²) in [6.07, 6.45) is 6.62. The molecule has 0 radical (unpaired) electrons. The number of aryl methyl sites for hydroxylation is 1. The van der Waals surface area contributed by atoms with E-state index in [1.807, 2.05) is 49.4 Å². The van der Waals surface area contributed by atoms with Gasteiger partial charge in [0.1, 0.15) is 6.04 Å². The number of hydrogen-bond donors (Lipinski definition) is 1. The van der Waals surface area contributed by atoms with Crippen LogP contribution in [0.2, 0.25) is 0 Å². The average Bonchev–Trinajstić information content (AvgIpc) is 2.86. The molecule has 1 atom stereocenters. The van der Waals surface area contributed by atoms with Crippen LogP contribution in [-0.4, -0.2) is 28.8 Å². The van der Waals surface area contributed by atoms with Crippen molar-refractivity contribution in [2.45, 2.75) is 70.5 Å². The van der Waals surface area contributed by atoms with Gasteiger partial charge in [-0.15, -0.1) is 0 Å². The van der Waals surface area contributed by atoms with Crippen LogP contribution in [0.3, 0.4) is 0 Å². The summed E-state index contributed by atoms with van der Waals surface area (Å²) >= 11 is 3.52. The summed E-state index contributed by atoms with van der Waals surface area (Å²) in [4.78, 5) is 28.4. The standard InChI is InChI=1S/C29H33BrN2O2/c1-21(29(34)31-26-14-3-2-4-15-26)32(20-22-9-7-13-25(30)19-22)28(33)18-17-24-12-8-11-23-10-5-6-16-27(23)24/h5-13,16,19,21,26H,2-4,14-15,17-18,20H2,1H3,(H,31,34). The van der Waals surface area contributed by atoms with Crippen LogP contribution in [0.25, 0.3) is 10.8 Å². The van der Waals surface area contributed by atoms with Crippen molar-refractivity contribution in [2.75, 3.05) is 0 Å². The highest BCUT2D eigenvalue weighted by Crippen LogP contribution is 2.22. The Hall–Kier alpha value is -2.66. The average molecular weight is 521 g/mol. The minimum absolute atomic E-state index is 0.000737. The summed E-state index contributed by atoms with van der Waals surface area (Å²) in [5.41, 5.74) is 2.17. The Morgan fingerprint density at radius 1 is 1.00 bits per heavy atom. The molecule has 0 aliphatic heterocycles. The topological polar surface area (TPSA) is 49.4 Å². The van der Waals surface area contributed by atoms with E-state index >= 15 is 0 Å². The van der Waals surface area contributed by atoms with E-state index in [0.717, 1.165) is 41.3 Å². The first-order valence-electron chi connectivity index (χ1n) is 12.3. The molecular formula is C29H33BrN2O2. The van der Waals surface area contributed by atoms with Crippen LogP contribution in [0, 0.1) is 0 Å². The number of rotatable bonds is 8. The Morgan fingerprint density at radius 2 is 1.74 bits per heavy atom. The highest BCUT2D eigenvalue weighted by atomic mass is 79.9. The molecule has 1 fully saturated rings. The van der Waals surface area contributed by atoms with Gasteiger partial charge in [0.15, 0.2) is 0 Å². The molecule has 1 N–H and O–H groups in total. The molecule has 4 nitrogen and oxygen atoms in total. The zero-order chi connectivity index (χ0) is 23.9.